The number of hydrogen-bond donors (Lipinski definition) is 1. The number of hydrogen-bond acceptors (Lipinski definition) is 5. The van der Waals surface area contributed by atoms with Gasteiger partial charge in [-0.05, 0) is 49.4 Å². The van der Waals surface area contributed by atoms with Crippen molar-refractivity contribution < 1.29 is 14.3 Å². The number of methoxy groups -OCH3 is 2. The van der Waals surface area contributed by atoms with Gasteiger partial charge in [-0.1, -0.05) is 30.3 Å². The van der Waals surface area contributed by atoms with Crippen molar-refractivity contribution in [3.63, 3.8) is 0 Å². The molecule has 2 aromatic heterocycles. The highest BCUT2D eigenvalue weighted by Crippen LogP contribution is 2.35. The molecule has 5 rings (SSSR count). The Hall–Kier alpha value is -4.59. The predicted molar refractivity (Wildman–Crippen MR) is 139 cm³/mol. The zero-order valence-electron chi connectivity index (χ0n) is 20.4. The molecule has 182 valence electrons. The third-order valence-corrected chi connectivity index (χ3v) is 6.11. The van der Waals surface area contributed by atoms with Gasteiger partial charge in [-0.3, -0.25) is 4.79 Å². The van der Waals surface area contributed by atoms with Crippen LogP contribution >= 0.6 is 0 Å². The highest BCUT2D eigenvalue weighted by atomic mass is 16.5. The van der Waals surface area contributed by atoms with Gasteiger partial charge in [-0.2, -0.15) is 5.10 Å². The summed E-state index contributed by atoms with van der Waals surface area (Å²) in [4.78, 5) is 18.1. The van der Waals surface area contributed by atoms with Gasteiger partial charge in [0.1, 0.15) is 23.0 Å². The lowest BCUT2D eigenvalue weighted by atomic mass is 10.1. The maximum absolute atomic E-state index is 13.5. The Balaban J connectivity index is 1.47. The van der Waals surface area contributed by atoms with Crippen LogP contribution in [-0.2, 0) is 6.54 Å². The summed E-state index contributed by atoms with van der Waals surface area (Å²) in [7, 11) is 3.20. The minimum Gasteiger partial charge on any atom is -0.497 e. The Morgan fingerprint density at radius 3 is 2.53 bits per heavy atom. The lowest BCUT2D eigenvalue weighted by Crippen LogP contribution is -2.27. The summed E-state index contributed by atoms with van der Waals surface area (Å²) in [6.07, 6.45) is 1.75. The fourth-order valence-corrected chi connectivity index (χ4v) is 4.31. The number of para-hydroxylation sites is 3. The number of carbonyl (C=O) groups excluding carboxylic acids is 1. The number of rotatable bonds is 8. The third kappa shape index (κ3) is 4.40. The highest BCUT2D eigenvalue weighted by Gasteiger charge is 2.22. The Morgan fingerprint density at radius 1 is 0.972 bits per heavy atom. The number of benzene rings is 3. The molecule has 8 heteroatoms. The van der Waals surface area contributed by atoms with Crippen molar-refractivity contribution in [3.8, 4) is 28.4 Å². The molecule has 3 aromatic carbocycles. The molecule has 0 spiro atoms. The molecule has 1 N–H and O–H groups in total. The predicted octanol–water partition coefficient (Wildman–Crippen LogP) is 4.64. The number of aryl methyl sites for hydroxylation is 1. The molecule has 5 aromatic rings. The first-order valence-corrected chi connectivity index (χ1v) is 11.7. The van der Waals surface area contributed by atoms with E-state index in [2.05, 4.69) is 14.9 Å². The summed E-state index contributed by atoms with van der Waals surface area (Å²) in [5, 5.41) is 7.83. The third-order valence-electron chi connectivity index (χ3n) is 6.11. The van der Waals surface area contributed by atoms with E-state index >= 15 is 0 Å². The first-order chi connectivity index (χ1) is 17.6. The van der Waals surface area contributed by atoms with E-state index in [1.165, 1.54) is 0 Å². The molecule has 8 nitrogen and oxygen atoms in total. The van der Waals surface area contributed by atoms with Gasteiger partial charge in [0.05, 0.1) is 36.5 Å². The van der Waals surface area contributed by atoms with Crippen molar-refractivity contribution in [2.75, 3.05) is 20.8 Å². The molecule has 0 aliphatic carbocycles. The van der Waals surface area contributed by atoms with E-state index < -0.39 is 0 Å². The van der Waals surface area contributed by atoms with Gasteiger partial charge in [0.25, 0.3) is 5.91 Å². The van der Waals surface area contributed by atoms with Gasteiger partial charge in [0.2, 0.25) is 0 Å². The molecular weight excluding hydrogens is 454 g/mol. The second-order valence-electron chi connectivity index (χ2n) is 8.29. The Bertz CT molecular complexity index is 1520. The van der Waals surface area contributed by atoms with E-state index in [-0.39, 0.29) is 5.91 Å². The minimum atomic E-state index is -0.223. The van der Waals surface area contributed by atoms with Crippen LogP contribution in [0.25, 0.3) is 28.0 Å². The van der Waals surface area contributed by atoms with E-state index in [4.69, 9.17) is 14.6 Å². The maximum Gasteiger partial charge on any atom is 0.255 e. The molecule has 0 fully saturated rings. The van der Waals surface area contributed by atoms with E-state index in [1.54, 1.807) is 25.1 Å². The summed E-state index contributed by atoms with van der Waals surface area (Å²) in [6.45, 7) is 3.01. The smallest absolute Gasteiger partial charge is 0.255 e. The number of ether oxygens (including phenoxy) is 2. The fourth-order valence-electron chi connectivity index (χ4n) is 4.31. The van der Waals surface area contributed by atoms with Gasteiger partial charge >= 0.3 is 0 Å². The van der Waals surface area contributed by atoms with E-state index in [0.717, 1.165) is 22.5 Å². The molecule has 0 aliphatic heterocycles. The molecule has 1 amide bonds. The summed E-state index contributed by atoms with van der Waals surface area (Å²) >= 11 is 0. The van der Waals surface area contributed by atoms with E-state index in [0.29, 0.717) is 41.4 Å². The molecule has 0 saturated carbocycles. The number of imidazole rings is 1. The lowest BCUT2D eigenvalue weighted by molar-refractivity contribution is 0.0953. The molecule has 2 heterocycles. The number of nitrogens with zero attached hydrogens (tertiary/aromatic N) is 4. The maximum atomic E-state index is 13.5. The zero-order chi connectivity index (χ0) is 25.1. The van der Waals surface area contributed by atoms with Crippen LogP contribution < -0.4 is 14.8 Å². The van der Waals surface area contributed by atoms with Crippen LogP contribution in [0, 0.1) is 6.92 Å². The Labute approximate surface area is 209 Å². The number of carbonyl (C=O) groups is 1. The topological polar surface area (TPSA) is 83.2 Å². The molecule has 0 radical (unpaired) electrons. The van der Waals surface area contributed by atoms with E-state index in [1.807, 2.05) is 79.7 Å². The Kier molecular flexibility index (Phi) is 6.40. The first-order valence-electron chi connectivity index (χ1n) is 11.7. The highest BCUT2D eigenvalue weighted by molar-refractivity contribution is 6.00. The lowest BCUT2D eigenvalue weighted by Gasteiger charge is -2.11. The molecule has 0 aliphatic rings. The van der Waals surface area contributed by atoms with Crippen molar-refractivity contribution in [1.82, 2.24) is 24.6 Å². The van der Waals surface area contributed by atoms with Crippen LogP contribution in [0.1, 0.15) is 16.2 Å². The van der Waals surface area contributed by atoms with Crippen LogP contribution in [0.3, 0.4) is 0 Å². The largest absolute Gasteiger partial charge is 0.497 e. The normalized spacial score (nSPS) is 11.0. The van der Waals surface area contributed by atoms with Crippen molar-refractivity contribution in [2.24, 2.45) is 0 Å². The van der Waals surface area contributed by atoms with Gasteiger partial charge in [-0.25, -0.2) is 9.67 Å². The van der Waals surface area contributed by atoms with Gasteiger partial charge < -0.3 is 19.4 Å². The number of nitrogens with one attached hydrogen (secondary N) is 1. The molecule has 0 bridgehead atoms. The van der Waals surface area contributed by atoms with E-state index in [9.17, 15) is 4.79 Å². The first kappa shape index (κ1) is 23.2. The summed E-state index contributed by atoms with van der Waals surface area (Å²) in [5.41, 5.74) is 4.46. The van der Waals surface area contributed by atoms with Crippen molar-refractivity contribution >= 4 is 16.9 Å². The van der Waals surface area contributed by atoms with Crippen LogP contribution in [0.2, 0.25) is 0 Å². The molecule has 36 heavy (non-hydrogen) atoms. The number of aromatic nitrogens is 4. The average Bonchev–Trinajstić information content (AvgIpc) is 3.50. The number of amides is 1. The van der Waals surface area contributed by atoms with Crippen molar-refractivity contribution in [3.05, 3.63) is 90.4 Å². The molecule has 0 unspecified atom stereocenters. The summed E-state index contributed by atoms with van der Waals surface area (Å²) in [6, 6.07) is 23.1. The quantitative estimate of drug-likeness (QED) is 0.349. The molecule has 0 atom stereocenters. The summed E-state index contributed by atoms with van der Waals surface area (Å²) in [5.74, 6) is 1.93. The van der Waals surface area contributed by atoms with Crippen LogP contribution in [0.5, 0.6) is 11.5 Å². The zero-order valence-corrected chi connectivity index (χ0v) is 20.4. The van der Waals surface area contributed by atoms with Crippen molar-refractivity contribution in [1.29, 1.82) is 0 Å². The number of fused-ring (bicyclic) bond motifs is 1. The van der Waals surface area contributed by atoms with Crippen LogP contribution in [0.15, 0.2) is 79.0 Å². The second-order valence-corrected chi connectivity index (χ2v) is 8.29. The van der Waals surface area contributed by atoms with Gasteiger partial charge in [0.15, 0.2) is 0 Å². The Morgan fingerprint density at radius 2 is 1.75 bits per heavy atom. The van der Waals surface area contributed by atoms with Crippen LogP contribution in [0.4, 0.5) is 0 Å². The molecule has 0 saturated heterocycles. The minimum absolute atomic E-state index is 0.223. The van der Waals surface area contributed by atoms with Gasteiger partial charge in [0, 0.05) is 24.8 Å². The second kappa shape index (κ2) is 9.95. The average molecular weight is 482 g/mol. The summed E-state index contributed by atoms with van der Waals surface area (Å²) < 4.78 is 14.8. The van der Waals surface area contributed by atoms with Crippen LogP contribution in [-0.4, -0.2) is 46.0 Å². The fraction of sp³-hybridized carbons (Fsp3) is 0.179. The van der Waals surface area contributed by atoms with Crippen molar-refractivity contribution in [2.45, 2.75) is 13.5 Å². The van der Waals surface area contributed by atoms with Gasteiger partial charge in [-0.15, -0.1) is 0 Å². The SMILES string of the molecule is COc1ccc(OC)c(-c2nn(-c3ccccc3)cc2C(=O)NCCn2c(C)nc3ccccc32)c1. The monoisotopic (exact) mass is 481 g/mol. The molecular formula is C28H27N5O3. The standard InChI is InChI=1S/C28H27N5O3/c1-19-30-24-11-7-8-12-25(24)32(19)16-15-29-28(34)23-18-33(20-9-5-4-6-10-20)31-27(23)22-17-21(35-2)13-14-26(22)36-3/h4-14,17-18H,15-16H2,1-3H3,(H,29,34).